The molecule has 0 saturated heterocycles. The van der Waals surface area contributed by atoms with E-state index >= 15 is 0 Å². The summed E-state index contributed by atoms with van der Waals surface area (Å²) in [5.74, 6) is -0.386. The van der Waals surface area contributed by atoms with Gasteiger partial charge in [0.05, 0.1) is 15.5 Å². The summed E-state index contributed by atoms with van der Waals surface area (Å²) in [5.41, 5.74) is 1.25. The molecule has 0 saturated carbocycles. The fourth-order valence-corrected chi connectivity index (χ4v) is 4.45. The zero-order valence-electron chi connectivity index (χ0n) is 15.6. The van der Waals surface area contributed by atoms with Crippen molar-refractivity contribution in [2.45, 2.75) is 18.1 Å². The molecule has 3 aromatic carbocycles. The van der Waals surface area contributed by atoms with Crippen LogP contribution in [0.3, 0.4) is 0 Å². The molecule has 0 spiro atoms. The van der Waals surface area contributed by atoms with Gasteiger partial charge in [0.2, 0.25) is 0 Å². The predicted octanol–water partition coefficient (Wildman–Crippen LogP) is 5.61. The quantitative estimate of drug-likeness (QED) is 0.465. The van der Waals surface area contributed by atoms with Crippen LogP contribution in [0.5, 0.6) is 11.5 Å². The lowest BCUT2D eigenvalue weighted by atomic mass is 10.0. The first-order chi connectivity index (χ1) is 14.2. The van der Waals surface area contributed by atoms with E-state index in [4.69, 9.17) is 36.9 Å². The van der Waals surface area contributed by atoms with Gasteiger partial charge in [0.25, 0.3) is 16.4 Å². The van der Waals surface area contributed by atoms with Crippen molar-refractivity contribution in [1.29, 1.82) is 0 Å². The van der Waals surface area contributed by atoms with Crippen molar-refractivity contribution in [3.8, 4) is 22.6 Å². The molecule has 30 heavy (non-hydrogen) atoms. The van der Waals surface area contributed by atoms with Crippen LogP contribution >= 0.6 is 23.2 Å². The van der Waals surface area contributed by atoms with E-state index in [-0.39, 0.29) is 33.6 Å². The van der Waals surface area contributed by atoms with Crippen LogP contribution in [0, 0.1) is 12.7 Å². The molecule has 0 aromatic heterocycles. The minimum atomic E-state index is -4.12. The molecule has 1 heterocycles. The number of aryl methyl sites for hydroxylation is 1. The predicted molar refractivity (Wildman–Crippen MR) is 111 cm³/mol. The van der Waals surface area contributed by atoms with E-state index in [2.05, 4.69) is 0 Å². The summed E-state index contributed by atoms with van der Waals surface area (Å²) in [6.45, 7) is 1.64. The average Bonchev–Trinajstić information content (AvgIpc) is 2.69. The summed E-state index contributed by atoms with van der Waals surface area (Å²) >= 11 is 12.2. The Hall–Kier alpha value is -2.32. The van der Waals surface area contributed by atoms with Gasteiger partial charge in [-0.15, -0.1) is 0 Å². The maximum Gasteiger partial charge on any atom is 0.300 e. The van der Waals surface area contributed by atoms with E-state index in [1.165, 1.54) is 30.3 Å². The molecule has 0 unspecified atom stereocenters. The van der Waals surface area contributed by atoms with Crippen molar-refractivity contribution in [3.05, 3.63) is 76.0 Å². The smallest absolute Gasteiger partial charge is 0.300 e. The number of hydrogen-bond donors (Lipinski definition) is 0. The topological polar surface area (TPSA) is 61.8 Å². The summed E-state index contributed by atoms with van der Waals surface area (Å²) < 4.78 is 56.3. The highest BCUT2D eigenvalue weighted by Gasteiger charge is 2.31. The van der Waals surface area contributed by atoms with Crippen LogP contribution in [0.4, 0.5) is 4.39 Å². The molecule has 156 valence electrons. The minimum absolute atomic E-state index is 0.00502. The van der Waals surface area contributed by atoms with Crippen molar-refractivity contribution in [1.82, 2.24) is 0 Å². The highest BCUT2D eigenvalue weighted by molar-refractivity contribution is 7.86. The molecule has 1 atom stereocenters. The number of fused-ring (bicyclic) bond motifs is 1. The van der Waals surface area contributed by atoms with Crippen molar-refractivity contribution >= 4 is 33.3 Å². The van der Waals surface area contributed by atoms with Gasteiger partial charge in [0.15, 0.2) is 18.1 Å². The molecule has 0 radical (unpaired) electrons. The Labute approximate surface area is 183 Å². The third-order valence-corrected chi connectivity index (χ3v) is 6.30. The van der Waals surface area contributed by atoms with Gasteiger partial charge in [-0.1, -0.05) is 47.0 Å². The molecule has 1 aliphatic heterocycles. The normalized spacial score (nSPS) is 15.8. The monoisotopic (exact) mass is 468 g/mol. The fraction of sp³-hybridized carbons (Fsp3) is 0.143. The van der Waals surface area contributed by atoms with Gasteiger partial charge in [-0.2, -0.15) is 8.42 Å². The second-order valence-electron chi connectivity index (χ2n) is 6.60. The van der Waals surface area contributed by atoms with E-state index in [9.17, 15) is 12.8 Å². The molecule has 5 nitrogen and oxygen atoms in total. The van der Waals surface area contributed by atoms with Crippen molar-refractivity contribution in [2.24, 2.45) is 0 Å². The van der Waals surface area contributed by atoms with Gasteiger partial charge in [0, 0.05) is 10.6 Å². The number of benzene rings is 3. The lowest BCUT2D eigenvalue weighted by Gasteiger charge is -2.28. The largest absolute Gasteiger partial charge is 0.483 e. The van der Waals surface area contributed by atoms with E-state index in [0.29, 0.717) is 10.6 Å². The zero-order chi connectivity index (χ0) is 21.5. The average molecular weight is 469 g/mol. The fourth-order valence-electron chi connectivity index (χ4n) is 2.99. The summed E-state index contributed by atoms with van der Waals surface area (Å²) in [7, 11) is -4.12. The maximum atomic E-state index is 14.7. The van der Waals surface area contributed by atoms with Crippen molar-refractivity contribution in [3.63, 3.8) is 0 Å². The van der Waals surface area contributed by atoms with Crippen LogP contribution in [0.25, 0.3) is 11.1 Å². The lowest BCUT2D eigenvalue weighted by molar-refractivity contribution is -0.0435. The highest BCUT2D eigenvalue weighted by Crippen LogP contribution is 2.45. The van der Waals surface area contributed by atoms with Gasteiger partial charge in [-0.3, -0.25) is 0 Å². The third kappa shape index (κ3) is 4.11. The minimum Gasteiger partial charge on any atom is -0.483 e. The second kappa shape index (κ2) is 8.07. The molecule has 0 fully saturated rings. The SMILES string of the molecule is Cc1ccc(S(=O)(=O)O[C@@H]2COc3ccc(F)c(-c4ccc(Cl)cc4Cl)c3O2)cc1. The summed E-state index contributed by atoms with van der Waals surface area (Å²) in [4.78, 5) is -0.0253. The van der Waals surface area contributed by atoms with Crippen LogP contribution in [-0.4, -0.2) is 21.3 Å². The van der Waals surface area contributed by atoms with E-state index < -0.39 is 22.2 Å². The highest BCUT2D eigenvalue weighted by atomic mass is 35.5. The molecule has 0 aliphatic carbocycles. The number of rotatable bonds is 4. The molecule has 0 bridgehead atoms. The van der Waals surface area contributed by atoms with Crippen molar-refractivity contribution in [2.75, 3.05) is 6.61 Å². The maximum absolute atomic E-state index is 14.7. The van der Waals surface area contributed by atoms with E-state index in [1.54, 1.807) is 24.3 Å². The number of hydrogen-bond acceptors (Lipinski definition) is 5. The van der Waals surface area contributed by atoms with Crippen LogP contribution in [0.1, 0.15) is 5.56 Å². The van der Waals surface area contributed by atoms with E-state index in [0.717, 1.165) is 5.56 Å². The Balaban J connectivity index is 1.68. The summed E-state index contributed by atoms with van der Waals surface area (Å²) in [6.07, 6.45) is -1.31. The van der Waals surface area contributed by atoms with Gasteiger partial charge >= 0.3 is 0 Å². The molecule has 0 amide bonds. The molecule has 3 aromatic rings. The van der Waals surface area contributed by atoms with Gasteiger partial charge in [-0.25, -0.2) is 8.57 Å². The van der Waals surface area contributed by atoms with Gasteiger partial charge in [0.1, 0.15) is 5.82 Å². The van der Waals surface area contributed by atoms with Crippen LogP contribution < -0.4 is 9.47 Å². The Bertz CT molecular complexity index is 1210. The van der Waals surface area contributed by atoms with Gasteiger partial charge in [-0.05, 0) is 43.3 Å². The Morgan fingerprint density at radius 2 is 1.80 bits per heavy atom. The number of ether oxygens (including phenoxy) is 2. The van der Waals surface area contributed by atoms with Crippen LogP contribution in [0.15, 0.2) is 59.5 Å². The summed E-state index contributed by atoms with van der Waals surface area (Å²) in [6, 6.07) is 13.3. The van der Waals surface area contributed by atoms with Gasteiger partial charge < -0.3 is 9.47 Å². The molecular formula is C21H15Cl2FO5S. The third-order valence-electron chi connectivity index (χ3n) is 4.44. The molecule has 9 heteroatoms. The van der Waals surface area contributed by atoms with Crippen molar-refractivity contribution < 1.29 is 26.5 Å². The van der Waals surface area contributed by atoms with Crippen LogP contribution in [0.2, 0.25) is 10.0 Å². The Morgan fingerprint density at radius 3 is 2.50 bits per heavy atom. The van der Waals surface area contributed by atoms with Crippen LogP contribution in [-0.2, 0) is 14.3 Å². The molecule has 4 rings (SSSR count). The Kier molecular flexibility index (Phi) is 5.63. The molecular weight excluding hydrogens is 454 g/mol. The number of halogens is 3. The Morgan fingerprint density at radius 1 is 1.07 bits per heavy atom. The lowest BCUT2D eigenvalue weighted by Crippen LogP contribution is -2.34. The second-order valence-corrected chi connectivity index (χ2v) is 9.01. The first kappa shape index (κ1) is 20.9. The molecule has 1 aliphatic rings. The first-order valence-electron chi connectivity index (χ1n) is 8.82. The zero-order valence-corrected chi connectivity index (χ0v) is 17.9. The summed E-state index contributed by atoms with van der Waals surface area (Å²) in [5, 5.41) is 0.588. The first-order valence-corrected chi connectivity index (χ1v) is 11.0. The standard InChI is InChI=1S/C21H15Cl2FO5S/c1-12-2-5-14(6-3-12)30(25,26)29-19-11-27-18-9-8-17(24)20(21(18)28-19)15-7-4-13(22)10-16(15)23/h2-10,19H,11H2,1H3/t19-/m1/s1. The molecule has 0 N–H and O–H groups in total. The van der Waals surface area contributed by atoms with E-state index in [1.807, 2.05) is 6.92 Å².